The normalized spacial score (nSPS) is 14.8. The molecule has 0 saturated heterocycles. The molecule has 26 heavy (non-hydrogen) atoms. The van der Waals surface area contributed by atoms with E-state index in [-0.39, 0.29) is 11.9 Å². The molecule has 134 valence electrons. The molecule has 0 radical (unpaired) electrons. The van der Waals surface area contributed by atoms with Crippen molar-refractivity contribution in [3.05, 3.63) is 54.2 Å². The van der Waals surface area contributed by atoms with E-state index in [0.29, 0.717) is 17.3 Å². The number of carbonyl (C=O) groups is 1. The van der Waals surface area contributed by atoms with Crippen molar-refractivity contribution in [2.75, 3.05) is 7.11 Å². The summed E-state index contributed by atoms with van der Waals surface area (Å²) in [5.74, 6) is 1.90. The third kappa shape index (κ3) is 3.20. The molecule has 2 heterocycles. The van der Waals surface area contributed by atoms with Crippen LogP contribution in [0.3, 0.4) is 0 Å². The van der Waals surface area contributed by atoms with Crippen molar-refractivity contribution in [3.8, 4) is 17.0 Å². The summed E-state index contributed by atoms with van der Waals surface area (Å²) in [4.78, 5) is 17.1. The van der Waals surface area contributed by atoms with Crippen molar-refractivity contribution < 1.29 is 9.53 Å². The fourth-order valence-electron chi connectivity index (χ4n) is 3.09. The molecule has 1 aliphatic carbocycles. The molecule has 2 aromatic heterocycles. The molecule has 1 amide bonds. The Labute approximate surface area is 151 Å². The molecule has 7 nitrogen and oxygen atoms in total. The summed E-state index contributed by atoms with van der Waals surface area (Å²) in [5, 5.41) is 10.2. The second-order valence-corrected chi connectivity index (χ2v) is 6.58. The van der Waals surface area contributed by atoms with Gasteiger partial charge in [0.05, 0.1) is 18.8 Å². The molecule has 1 fully saturated rings. The topological polar surface area (TPSA) is 84.8 Å². The first-order valence-electron chi connectivity index (χ1n) is 8.63. The number of nitrogens with zero attached hydrogens (tertiary/aromatic N) is 3. The lowest BCUT2D eigenvalue weighted by Crippen LogP contribution is -2.31. The zero-order chi connectivity index (χ0) is 18.1. The molecule has 0 bridgehead atoms. The number of imidazole rings is 1. The molecule has 7 heteroatoms. The number of methoxy groups -OCH3 is 1. The quantitative estimate of drug-likeness (QED) is 0.715. The lowest BCUT2D eigenvalue weighted by atomic mass is 10.1. The fourth-order valence-corrected chi connectivity index (χ4v) is 3.09. The van der Waals surface area contributed by atoms with Crippen LogP contribution in [-0.2, 0) is 7.05 Å². The third-order valence-electron chi connectivity index (χ3n) is 4.70. The first kappa shape index (κ1) is 16.4. The second-order valence-electron chi connectivity index (χ2n) is 6.58. The van der Waals surface area contributed by atoms with Crippen LogP contribution in [0, 0.1) is 5.92 Å². The molecule has 2 N–H and O–H groups in total. The fraction of sp³-hybridized carbons (Fsp3) is 0.316. The lowest BCUT2D eigenvalue weighted by Gasteiger charge is -2.17. The molecule has 1 aliphatic rings. The van der Waals surface area contributed by atoms with Crippen molar-refractivity contribution in [1.29, 1.82) is 0 Å². The Hall–Kier alpha value is -3.09. The van der Waals surface area contributed by atoms with E-state index in [0.717, 1.165) is 30.0 Å². The largest absolute Gasteiger partial charge is 0.497 e. The van der Waals surface area contributed by atoms with Gasteiger partial charge in [-0.05, 0) is 37.0 Å². The Bertz CT molecular complexity index is 925. The van der Waals surface area contributed by atoms with Crippen LogP contribution in [0.25, 0.3) is 11.3 Å². The maximum absolute atomic E-state index is 12.7. The van der Waals surface area contributed by atoms with Crippen LogP contribution in [0.2, 0.25) is 0 Å². The first-order chi connectivity index (χ1) is 12.7. The van der Waals surface area contributed by atoms with Crippen LogP contribution in [0.4, 0.5) is 0 Å². The van der Waals surface area contributed by atoms with Gasteiger partial charge in [0.25, 0.3) is 5.91 Å². The minimum Gasteiger partial charge on any atom is -0.497 e. The van der Waals surface area contributed by atoms with E-state index in [1.165, 1.54) is 0 Å². The van der Waals surface area contributed by atoms with Crippen LogP contribution in [0.5, 0.6) is 5.75 Å². The monoisotopic (exact) mass is 351 g/mol. The van der Waals surface area contributed by atoms with Crippen molar-refractivity contribution in [2.24, 2.45) is 13.0 Å². The molecule has 1 aromatic carbocycles. The van der Waals surface area contributed by atoms with E-state index in [4.69, 9.17) is 4.74 Å². The summed E-state index contributed by atoms with van der Waals surface area (Å²) in [6.45, 7) is 0. The zero-order valence-electron chi connectivity index (χ0n) is 14.8. The van der Waals surface area contributed by atoms with Gasteiger partial charge < -0.3 is 14.6 Å². The van der Waals surface area contributed by atoms with Crippen molar-refractivity contribution in [2.45, 2.75) is 18.9 Å². The van der Waals surface area contributed by atoms with E-state index in [9.17, 15) is 4.79 Å². The highest BCUT2D eigenvalue weighted by atomic mass is 16.5. The number of rotatable bonds is 6. The molecular weight excluding hydrogens is 330 g/mol. The number of aromatic nitrogens is 4. The predicted octanol–water partition coefficient (Wildman–Crippen LogP) is 2.70. The number of hydrogen-bond donors (Lipinski definition) is 2. The number of amides is 1. The summed E-state index contributed by atoms with van der Waals surface area (Å²) in [6.07, 6.45) is 5.87. The van der Waals surface area contributed by atoms with Gasteiger partial charge in [-0.1, -0.05) is 12.1 Å². The third-order valence-corrected chi connectivity index (χ3v) is 4.70. The average molecular weight is 351 g/mol. The summed E-state index contributed by atoms with van der Waals surface area (Å²) in [6, 6.07) is 9.27. The van der Waals surface area contributed by atoms with Gasteiger partial charge in [-0.2, -0.15) is 5.10 Å². The highest BCUT2D eigenvalue weighted by Crippen LogP contribution is 2.40. The summed E-state index contributed by atoms with van der Waals surface area (Å²) in [7, 11) is 3.57. The van der Waals surface area contributed by atoms with Gasteiger partial charge >= 0.3 is 0 Å². The molecular formula is C19H21N5O2. The van der Waals surface area contributed by atoms with Crippen LogP contribution in [-0.4, -0.2) is 32.8 Å². The number of aryl methyl sites for hydroxylation is 1. The second kappa shape index (κ2) is 6.67. The van der Waals surface area contributed by atoms with E-state index in [1.807, 2.05) is 42.1 Å². The summed E-state index contributed by atoms with van der Waals surface area (Å²) < 4.78 is 7.20. The summed E-state index contributed by atoms with van der Waals surface area (Å²) in [5.41, 5.74) is 2.03. The van der Waals surface area contributed by atoms with Gasteiger partial charge in [0.15, 0.2) is 0 Å². The maximum Gasteiger partial charge on any atom is 0.269 e. The van der Waals surface area contributed by atoms with E-state index >= 15 is 0 Å². The van der Waals surface area contributed by atoms with Gasteiger partial charge in [-0.25, -0.2) is 4.98 Å². The van der Waals surface area contributed by atoms with Crippen LogP contribution in [0.15, 0.2) is 42.7 Å². The smallest absolute Gasteiger partial charge is 0.269 e. The number of aromatic amines is 1. The molecule has 0 aliphatic heterocycles. The molecule has 3 aromatic rings. The van der Waals surface area contributed by atoms with Gasteiger partial charge in [0.2, 0.25) is 0 Å². The van der Waals surface area contributed by atoms with Crippen LogP contribution >= 0.6 is 0 Å². The Morgan fingerprint density at radius 3 is 2.92 bits per heavy atom. The average Bonchev–Trinajstić information content (AvgIpc) is 3.22. The number of hydrogen-bond acceptors (Lipinski definition) is 4. The van der Waals surface area contributed by atoms with E-state index in [2.05, 4.69) is 20.5 Å². The number of carbonyl (C=O) groups excluding carboxylic acids is 1. The van der Waals surface area contributed by atoms with Gasteiger partial charge in [-0.3, -0.25) is 9.89 Å². The predicted molar refractivity (Wildman–Crippen MR) is 96.7 cm³/mol. The molecule has 1 saturated carbocycles. The van der Waals surface area contributed by atoms with Crippen molar-refractivity contribution >= 4 is 5.91 Å². The number of benzene rings is 1. The lowest BCUT2D eigenvalue weighted by molar-refractivity contribution is 0.0924. The van der Waals surface area contributed by atoms with Gasteiger partial charge in [0, 0.05) is 25.0 Å². The van der Waals surface area contributed by atoms with E-state index in [1.54, 1.807) is 19.4 Å². The minimum atomic E-state index is -0.174. The Morgan fingerprint density at radius 2 is 2.23 bits per heavy atom. The Kier molecular flexibility index (Phi) is 4.20. The Morgan fingerprint density at radius 1 is 1.38 bits per heavy atom. The maximum atomic E-state index is 12.7. The van der Waals surface area contributed by atoms with Crippen LogP contribution in [0.1, 0.15) is 35.2 Å². The number of H-pyrrole nitrogens is 1. The molecule has 1 atom stereocenters. The van der Waals surface area contributed by atoms with Crippen LogP contribution < -0.4 is 10.1 Å². The molecule has 0 spiro atoms. The first-order valence-corrected chi connectivity index (χ1v) is 8.63. The summed E-state index contributed by atoms with van der Waals surface area (Å²) >= 11 is 0. The number of ether oxygens (including phenoxy) is 1. The highest BCUT2D eigenvalue weighted by Gasteiger charge is 2.36. The van der Waals surface area contributed by atoms with Gasteiger partial charge in [0.1, 0.15) is 17.3 Å². The Balaban J connectivity index is 1.53. The van der Waals surface area contributed by atoms with Gasteiger partial charge in [-0.15, -0.1) is 0 Å². The van der Waals surface area contributed by atoms with Crippen molar-refractivity contribution in [1.82, 2.24) is 25.1 Å². The molecule has 4 rings (SSSR count). The zero-order valence-corrected chi connectivity index (χ0v) is 14.8. The van der Waals surface area contributed by atoms with Crippen molar-refractivity contribution in [3.63, 3.8) is 0 Å². The molecule has 0 unspecified atom stereocenters. The van der Waals surface area contributed by atoms with E-state index < -0.39 is 0 Å². The number of nitrogens with one attached hydrogen (secondary N) is 2. The highest BCUT2D eigenvalue weighted by molar-refractivity contribution is 5.93. The minimum absolute atomic E-state index is 0.0777. The SMILES string of the molecule is COc1cccc(-c2cc(C(=O)N[C@@H](c3nccn3C)C3CC3)[nH]n2)c1. The standard InChI is InChI=1S/C19H21N5O2/c1-24-9-8-20-18(24)17(12-6-7-12)21-19(25)16-11-15(22-23-16)13-4-3-5-14(10-13)26-2/h3-5,8-12,17H,6-7H2,1-2H3,(H,21,25)(H,22,23)/t17-/m1/s1.